The first-order valence-electron chi connectivity index (χ1n) is 14.9. The maximum Gasteiger partial charge on any atom is 0.200 e. The Labute approximate surface area is 255 Å². The monoisotopic (exact) mass is 590 g/mol. The Bertz CT molecular complexity index is 1710. The molecule has 0 N–H and O–H groups in total. The molecular formula is C35H34N4O3S. The fourth-order valence-electron chi connectivity index (χ4n) is 6.28. The van der Waals surface area contributed by atoms with E-state index in [9.17, 15) is 4.79 Å². The van der Waals surface area contributed by atoms with E-state index < -0.39 is 0 Å². The number of ether oxygens (including phenoxy) is 2. The predicted octanol–water partition coefficient (Wildman–Crippen LogP) is 6.56. The number of benzene rings is 3. The van der Waals surface area contributed by atoms with Gasteiger partial charge in [0.25, 0.3) is 0 Å². The molecule has 0 bridgehead atoms. The summed E-state index contributed by atoms with van der Waals surface area (Å²) in [6, 6.07) is 26.0. The number of anilines is 2. The zero-order valence-corrected chi connectivity index (χ0v) is 25.1. The van der Waals surface area contributed by atoms with Crippen LogP contribution in [0.4, 0.5) is 11.5 Å². The quantitative estimate of drug-likeness (QED) is 0.190. The van der Waals surface area contributed by atoms with E-state index in [2.05, 4.69) is 52.3 Å². The van der Waals surface area contributed by atoms with Gasteiger partial charge in [0.1, 0.15) is 28.5 Å². The van der Waals surface area contributed by atoms with E-state index in [1.807, 2.05) is 23.5 Å². The van der Waals surface area contributed by atoms with Crippen molar-refractivity contribution >= 4 is 38.8 Å². The number of aromatic nitrogens is 2. The minimum absolute atomic E-state index is 0.00488. The van der Waals surface area contributed by atoms with Crippen molar-refractivity contribution in [1.29, 1.82) is 0 Å². The Kier molecular flexibility index (Phi) is 7.68. The lowest BCUT2D eigenvalue weighted by atomic mass is 9.83. The molecule has 1 fully saturated rings. The van der Waals surface area contributed by atoms with Crippen LogP contribution in [0.3, 0.4) is 0 Å². The molecule has 5 aromatic rings. The predicted molar refractivity (Wildman–Crippen MR) is 172 cm³/mol. The van der Waals surface area contributed by atoms with Crippen molar-refractivity contribution in [3.05, 3.63) is 107 Å². The van der Waals surface area contributed by atoms with Crippen molar-refractivity contribution in [3.63, 3.8) is 0 Å². The fraction of sp³-hybridized carbons (Fsp3) is 0.286. The molecule has 3 heterocycles. The number of methoxy groups -OCH3 is 1. The molecule has 1 saturated heterocycles. The van der Waals surface area contributed by atoms with Crippen LogP contribution in [0.25, 0.3) is 10.2 Å². The number of hydrogen-bond acceptors (Lipinski definition) is 8. The van der Waals surface area contributed by atoms with Gasteiger partial charge in [-0.1, -0.05) is 30.3 Å². The number of hydrogen-bond donors (Lipinski definition) is 0. The number of ketones is 1. The third-order valence-electron chi connectivity index (χ3n) is 8.66. The SMILES string of the molecule is COc1ccc(C(=O)COc2ccc(C3CCc4c(sc5ncnc(N6CCN(c7ccccc7)CC6)c45)C3)cc2)cc1. The van der Waals surface area contributed by atoms with E-state index in [4.69, 9.17) is 19.4 Å². The van der Waals surface area contributed by atoms with Gasteiger partial charge in [-0.05, 0) is 84.8 Å². The topological polar surface area (TPSA) is 67.8 Å². The van der Waals surface area contributed by atoms with Crippen molar-refractivity contribution in [1.82, 2.24) is 9.97 Å². The average Bonchev–Trinajstić information content (AvgIpc) is 3.46. The van der Waals surface area contributed by atoms with E-state index >= 15 is 0 Å². The highest BCUT2D eigenvalue weighted by Crippen LogP contribution is 2.43. The molecule has 3 aromatic carbocycles. The zero-order chi connectivity index (χ0) is 29.2. The van der Waals surface area contributed by atoms with Crippen molar-refractivity contribution < 1.29 is 14.3 Å². The number of nitrogens with zero attached hydrogens (tertiary/aromatic N) is 4. The Balaban J connectivity index is 1.01. The molecule has 0 saturated carbocycles. The second-order valence-corrected chi connectivity index (χ2v) is 12.2. The van der Waals surface area contributed by atoms with Gasteiger partial charge in [-0.2, -0.15) is 0 Å². The van der Waals surface area contributed by atoms with Crippen LogP contribution in [-0.4, -0.2) is 55.6 Å². The Hall–Kier alpha value is -4.43. The highest BCUT2D eigenvalue weighted by molar-refractivity contribution is 7.19. The lowest BCUT2D eigenvalue weighted by molar-refractivity contribution is 0.0921. The van der Waals surface area contributed by atoms with Crippen molar-refractivity contribution in [3.8, 4) is 11.5 Å². The molecule has 1 aliphatic carbocycles. The van der Waals surface area contributed by atoms with Crippen LogP contribution < -0.4 is 19.3 Å². The van der Waals surface area contributed by atoms with Gasteiger partial charge in [-0.15, -0.1) is 11.3 Å². The van der Waals surface area contributed by atoms with Gasteiger partial charge < -0.3 is 19.3 Å². The summed E-state index contributed by atoms with van der Waals surface area (Å²) in [4.78, 5) is 29.5. The summed E-state index contributed by atoms with van der Waals surface area (Å²) in [6.45, 7) is 3.88. The number of fused-ring (bicyclic) bond motifs is 3. The van der Waals surface area contributed by atoms with Crippen molar-refractivity contribution in [2.24, 2.45) is 0 Å². The third-order valence-corrected chi connectivity index (χ3v) is 9.82. The van der Waals surface area contributed by atoms with Gasteiger partial charge in [-0.3, -0.25) is 4.79 Å². The van der Waals surface area contributed by atoms with Crippen LogP contribution in [0.5, 0.6) is 11.5 Å². The van der Waals surface area contributed by atoms with Gasteiger partial charge in [0.15, 0.2) is 12.4 Å². The van der Waals surface area contributed by atoms with Gasteiger partial charge in [0, 0.05) is 42.3 Å². The number of thiophene rings is 1. The van der Waals surface area contributed by atoms with Gasteiger partial charge in [0.2, 0.25) is 0 Å². The smallest absolute Gasteiger partial charge is 0.200 e. The van der Waals surface area contributed by atoms with Gasteiger partial charge in [-0.25, -0.2) is 9.97 Å². The minimum atomic E-state index is -0.0585. The lowest BCUT2D eigenvalue weighted by Gasteiger charge is -2.37. The Morgan fingerprint density at radius 2 is 1.60 bits per heavy atom. The van der Waals surface area contributed by atoms with Crippen LogP contribution in [-0.2, 0) is 12.8 Å². The zero-order valence-electron chi connectivity index (χ0n) is 24.2. The molecular weight excluding hydrogens is 556 g/mol. The molecule has 43 heavy (non-hydrogen) atoms. The molecule has 1 atom stereocenters. The summed E-state index contributed by atoms with van der Waals surface area (Å²) in [5, 5.41) is 1.26. The number of aryl methyl sites for hydroxylation is 1. The normalized spacial score (nSPS) is 16.6. The molecule has 0 spiro atoms. The summed E-state index contributed by atoms with van der Waals surface area (Å²) >= 11 is 1.83. The summed E-state index contributed by atoms with van der Waals surface area (Å²) in [7, 11) is 1.61. The lowest BCUT2D eigenvalue weighted by Crippen LogP contribution is -2.46. The molecule has 2 aliphatic rings. The van der Waals surface area contributed by atoms with Crippen LogP contribution in [0.15, 0.2) is 85.2 Å². The Morgan fingerprint density at radius 1 is 0.884 bits per heavy atom. The molecule has 2 aromatic heterocycles. The Morgan fingerprint density at radius 3 is 2.35 bits per heavy atom. The van der Waals surface area contributed by atoms with Crippen LogP contribution >= 0.6 is 11.3 Å². The average molecular weight is 591 g/mol. The molecule has 7 nitrogen and oxygen atoms in total. The summed E-state index contributed by atoms with van der Waals surface area (Å²) < 4.78 is 11.0. The number of para-hydroxylation sites is 1. The molecule has 1 aliphatic heterocycles. The molecule has 0 radical (unpaired) electrons. The van der Waals surface area contributed by atoms with E-state index in [-0.39, 0.29) is 12.4 Å². The van der Waals surface area contributed by atoms with Gasteiger partial charge in [0.05, 0.1) is 12.5 Å². The van der Waals surface area contributed by atoms with Crippen molar-refractivity contribution in [2.45, 2.75) is 25.2 Å². The van der Waals surface area contributed by atoms with Crippen LogP contribution in [0, 0.1) is 0 Å². The molecule has 0 amide bonds. The van der Waals surface area contributed by atoms with Crippen LogP contribution in [0.1, 0.15) is 38.7 Å². The van der Waals surface area contributed by atoms with Crippen LogP contribution in [0.2, 0.25) is 0 Å². The van der Waals surface area contributed by atoms with E-state index in [1.54, 1.807) is 37.7 Å². The minimum Gasteiger partial charge on any atom is -0.497 e. The maximum atomic E-state index is 12.5. The highest BCUT2D eigenvalue weighted by Gasteiger charge is 2.28. The number of carbonyl (C=O) groups is 1. The van der Waals surface area contributed by atoms with Crippen molar-refractivity contribution in [2.75, 3.05) is 49.7 Å². The maximum absolute atomic E-state index is 12.5. The first-order valence-corrected chi connectivity index (χ1v) is 15.7. The van der Waals surface area contributed by atoms with Gasteiger partial charge >= 0.3 is 0 Å². The second kappa shape index (κ2) is 12.1. The summed E-state index contributed by atoms with van der Waals surface area (Å²) in [5.41, 5.74) is 4.64. The number of piperazine rings is 1. The molecule has 8 heteroatoms. The highest BCUT2D eigenvalue weighted by atomic mass is 32.1. The summed E-state index contributed by atoms with van der Waals surface area (Å²) in [6.07, 6.45) is 4.86. The third kappa shape index (κ3) is 5.67. The number of Topliss-reactive ketones (excluding diaryl/α,β-unsaturated/α-hetero) is 1. The number of rotatable bonds is 8. The summed E-state index contributed by atoms with van der Waals surface area (Å²) in [5.74, 6) is 2.92. The standard InChI is InChI=1S/C35H34N4O3S/c1-41-28-12-9-25(10-13-28)31(40)22-42-29-14-7-24(8-15-29)26-11-16-30-32(21-26)43-35-33(30)34(36-23-37-35)39-19-17-38(18-20-39)27-5-3-2-4-6-27/h2-10,12-15,23,26H,11,16-22H2,1H3. The number of carbonyl (C=O) groups excluding carboxylic acids is 1. The largest absolute Gasteiger partial charge is 0.497 e. The van der Waals surface area contributed by atoms with E-state index in [0.29, 0.717) is 17.2 Å². The molecule has 218 valence electrons. The first kappa shape index (κ1) is 27.4. The molecule has 7 rings (SSSR count). The molecule has 1 unspecified atom stereocenters. The second-order valence-electron chi connectivity index (χ2n) is 11.1. The fourth-order valence-corrected chi connectivity index (χ4v) is 7.54. The first-order chi connectivity index (χ1) is 21.2. The van der Waals surface area contributed by atoms with E-state index in [1.165, 1.54) is 27.1 Å². The van der Waals surface area contributed by atoms with E-state index in [0.717, 1.165) is 61.8 Å².